The molecule has 0 radical (unpaired) electrons. The van der Waals surface area contributed by atoms with Crippen molar-refractivity contribution in [3.8, 4) is 0 Å². The van der Waals surface area contributed by atoms with E-state index in [1.54, 1.807) is 6.08 Å². The van der Waals surface area contributed by atoms with Crippen molar-refractivity contribution in [2.75, 3.05) is 7.05 Å². The van der Waals surface area contributed by atoms with E-state index in [-0.39, 0.29) is 5.50 Å². The van der Waals surface area contributed by atoms with E-state index in [0.29, 0.717) is 5.03 Å². The monoisotopic (exact) mass is 163 g/mol. The second-order valence-corrected chi connectivity index (χ2v) is 2.74. The molecule has 0 saturated carbocycles. The van der Waals surface area contributed by atoms with E-state index in [1.807, 2.05) is 24.2 Å². The Labute approximate surface area is 64.5 Å². The molecular weight excluding hydrogens is 157 g/mol. The van der Waals surface area contributed by atoms with Gasteiger partial charge in [-0.05, 0) is 12.2 Å². The van der Waals surface area contributed by atoms with Gasteiger partial charge in [0.2, 0.25) is 0 Å². The number of rotatable bonds is 0. The molecule has 0 saturated heterocycles. The normalized spacial score (nSPS) is 26.3. The van der Waals surface area contributed by atoms with Crippen LogP contribution in [0.3, 0.4) is 0 Å². The maximum atomic E-state index is 5.79. The van der Waals surface area contributed by atoms with Gasteiger partial charge >= 0.3 is 0 Å². The van der Waals surface area contributed by atoms with Crippen molar-refractivity contribution in [2.45, 2.75) is 5.50 Å². The lowest BCUT2D eigenvalue weighted by Gasteiger charge is -2.22. The molecule has 1 aliphatic heterocycles. The van der Waals surface area contributed by atoms with Gasteiger partial charge in [0.1, 0.15) is 5.50 Å². The highest BCUT2D eigenvalue weighted by atomic mass is 35.5. The molecule has 9 heavy (non-hydrogen) atoms. The van der Waals surface area contributed by atoms with Crippen LogP contribution < -0.4 is 0 Å². The Hall–Kier alpha value is -0.140. The maximum absolute atomic E-state index is 5.79. The Morgan fingerprint density at radius 2 is 2.33 bits per heavy atom. The first-order valence-corrected chi connectivity index (χ1v) is 3.43. The molecule has 1 heterocycles. The van der Waals surface area contributed by atoms with Crippen molar-refractivity contribution < 1.29 is 0 Å². The van der Waals surface area contributed by atoms with Gasteiger partial charge in [0.25, 0.3) is 0 Å². The standard InChI is InChI=1S/C6H7Cl2N/c1-9-4-2-3-5(7)6(9)8/h2-4,6H,1H3. The van der Waals surface area contributed by atoms with Gasteiger partial charge in [0, 0.05) is 13.2 Å². The fourth-order valence-corrected chi connectivity index (χ4v) is 0.985. The van der Waals surface area contributed by atoms with Crippen LogP contribution in [0.15, 0.2) is 23.4 Å². The molecule has 0 spiro atoms. The molecular formula is C6H7Cl2N. The second-order valence-electron chi connectivity index (χ2n) is 1.89. The van der Waals surface area contributed by atoms with Crippen LogP contribution in [-0.4, -0.2) is 17.4 Å². The van der Waals surface area contributed by atoms with Gasteiger partial charge in [-0.2, -0.15) is 0 Å². The minimum atomic E-state index is -0.184. The lowest BCUT2D eigenvalue weighted by Crippen LogP contribution is -2.23. The number of nitrogens with zero attached hydrogens (tertiary/aromatic N) is 1. The summed E-state index contributed by atoms with van der Waals surface area (Å²) in [7, 11) is 1.88. The Balaban J connectivity index is 2.73. The summed E-state index contributed by atoms with van der Waals surface area (Å²) in [5.41, 5.74) is -0.184. The van der Waals surface area contributed by atoms with Gasteiger partial charge in [-0.25, -0.2) is 0 Å². The smallest absolute Gasteiger partial charge is 0.139 e. The van der Waals surface area contributed by atoms with Crippen LogP contribution in [0.2, 0.25) is 0 Å². The lowest BCUT2D eigenvalue weighted by molar-refractivity contribution is 0.462. The highest BCUT2D eigenvalue weighted by Crippen LogP contribution is 2.20. The van der Waals surface area contributed by atoms with Crippen LogP contribution in [-0.2, 0) is 0 Å². The van der Waals surface area contributed by atoms with E-state index in [2.05, 4.69) is 0 Å². The van der Waals surface area contributed by atoms with E-state index >= 15 is 0 Å². The largest absolute Gasteiger partial charge is 0.360 e. The molecule has 0 aliphatic carbocycles. The predicted molar refractivity (Wildman–Crippen MR) is 40.5 cm³/mol. The fraction of sp³-hybridized carbons (Fsp3) is 0.333. The molecule has 0 N–H and O–H groups in total. The van der Waals surface area contributed by atoms with E-state index in [1.165, 1.54) is 0 Å². The third-order valence-corrected chi connectivity index (χ3v) is 2.15. The van der Waals surface area contributed by atoms with E-state index in [0.717, 1.165) is 0 Å². The van der Waals surface area contributed by atoms with E-state index in [4.69, 9.17) is 23.2 Å². The minimum Gasteiger partial charge on any atom is -0.360 e. The Morgan fingerprint density at radius 1 is 1.67 bits per heavy atom. The molecule has 0 bridgehead atoms. The highest BCUT2D eigenvalue weighted by Gasteiger charge is 2.13. The summed E-state index contributed by atoms with van der Waals surface area (Å²) in [6.45, 7) is 0. The summed E-state index contributed by atoms with van der Waals surface area (Å²) in [4.78, 5) is 1.84. The lowest BCUT2D eigenvalue weighted by atomic mass is 10.4. The number of allylic oxidation sites excluding steroid dienone is 2. The molecule has 1 aliphatic rings. The Kier molecular flexibility index (Phi) is 2.04. The number of hydrogen-bond acceptors (Lipinski definition) is 1. The van der Waals surface area contributed by atoms with Crippen LogP contribution in [0, 0.1) is 0 Å². The molecule has 1 unspecified atom stereocenters. The van der Waals surface area contributed by atoms with Gasteiger partial charge in [0.15, 0.2) is 0 Å². The first kappa shape index (κ1) is 6.97. The van der Waals surface area contributed by atoms with E-state index in [9.17, 15) is 0 Å². The maximum Gasteiger partial charge on any atom is 0.139 e. The molecule has 50 valence electrons. The minimum absolute atomic E-state index is 0.184. The molecule has 0 aromatic carbocycles. The predicted octanol–water partition coefficient (Wildman–Crippen LogP) is 2.13. The summed E-state index contributed by atoms with van der Waals surface area (Å²) < 4.78 is 0. The Bertz CT molecular complexity index is 162. The van der Waals surface area contributed by atoms with Crippen molar-refractivity contribution in [3.05, 3.63) is 23.4 Å². The van der Waals surface area contributed by atoms with E-state index < -0.39 is 0 Å². The number of likely N-dealkylation sites (N-methyl/N-ethyl adjacent to an activating group) is 1. The third-order valence-electron chi connectivity index (χ3n) is 1.16. The summed E-state index contributed by atoms with van der Waals surface area (Å²) in [5.74, 6) is 0. The van der Waals surface area contributed by atoms with Crippen molar-refractivity contribution in [2.24, 2.45) is 0 Å². The van der Waals surface area contributed by atoms with Crippen LogP contribution in [0.25, 0.3) is 0 Å². The average Bonchev–Trinajstić information content (AvgIpc) is 1.83. The van der Waals surface area contributed by atoms with Gasteiger partial charge in [0.05, 0.1) is 5.03 Å². The second kappa shape index (κ2) is 2.63. The van der Waals surface area contributed by atoms with Gasteiger partial charge in [-0.1, -0.05) is 23.2 Å². The summed E-state index contributed by atoms with van der Waals surface area (Å²) in [5, 5.41) is 0.668. The van der Waals surface area contributed by atoms with Crippen molar-refractivity contribution in [3.63, 3.8) is 0 Å². The first-order chi connectivity index (χ1) is 4.22. The van der Waals surface area contributed by atoms with Crippen LogP contribution in [0.1, 0.15) is 0 Å². The summed E-state index contributed by atoms with van der Waals surface area (Å²) in [6, 6.07) is 0. The first-order valence-electron chi connectivity index (χ1n) is 2.61. The summed E-state index contributed by atoms with van der Waals surface area (Å²) in [6.07, 6.45) is 5.53. The van der Waals surface area contributed by atoms with Crippen molar-refractivity contribution in [1.82, 2.24) is 4.90 Å². The number of alkyl halides is 1. The third kappa shape index (κ3) is 1.41. The van der Waals surface area contributed by atoms with Crippen LogP contribution in [0.4, 0.5) is 0 Å². The van der Waals surface area contributed by atoms with Gasteiger partial charge in [-0.15, -0.1) is 0 Å². The van der Waals surface area contributed by atoms with Gasteiger partial charge < -0.3 is 4.90 Å². The molecule has 0 aromatic heterocycles. The SMILES string of the molecule is CN1C=CC=C(Cl)C1Cl. The molecule has 1 nitrogen and oxygen atoms in total. The number of halogens is 2. The quantitative estimate of drug-likeness (QED) is 0.391. The number of hydrogen-bond donors (Lipinski definition) is 0. The fourth-order valence-electron chi connectivity index (χ4n) is 0.620. The molecule has 1 rings (SSSR count). The zero-order valence-corrected chi connectivity index (χ0v) is 6.52. The van der Waals surface area contributed by atoms with Crippen LogP contribution in [0.5, 0.6) is 0 Å². The molecule has 0 fully saturated rings. The molecule has 0 aromatic rings. The average molecular weight is 164 g/mol. The van der Waals surface area contributed by atoms with Crippen molar-refractivity contribution in [1.29, 1.82) is 0 Å². The molecule has 3 heteroatoms. The Morgan fingerprint density at radius 3 is 2.78 bits per heavy atom. The molecule has 1 atom stereocenters. The van der Waals surface area contributed by atoms with Gasteiger partial charge in [-0.3, -0.25) is 0 Å². The highest BCUT2D eigenvalue weighted by molar-refractivity contribution is 6.37. The van der Waals surface area contributed by atoms with Crippen LogP contribution >= 0.6 is 23.2 Å². The topological polar surface area (TPSA) is 3.24 Å². The zero-order valence-electron chi connectivity index (χ0n) is 5.01. The zero-order chi connectivity index (χ0) is 6.85. The molecule has 0 amide bonds. The summed E-state index contributed by atoms with van der Waals surface area (Å²) >= 11 is 11.5. The van der Waals surface area contributed by atoms with Crippen molar-refractivity contribution >= 4 is 23.2 Å².